The van der Waals surface area contributed by atoms with Gasteiger partial charge in [-0.2, -0.15) is 0 Å². The lowest BCUT2D eigenvalue weighted by Gasteiger charge is -2.09. The van der Waals surface area contributed by atoms with E-state index in [4.69, 9.17) is 16.0 Å². The molecule has 2 aromatic carbocycles. The van der Waals surface area contributed by atoms with Crippen LogP contribution in [0.4, 0.5) is 4.39 Å². The van der Waals surface area contributed by atoms with Gasteiger partial charge in [0.1, 0.15) is 11.6 Å². The molecule has 0 bridgehead atoms. The third kappa shape index (κ3) is 2.59. The molecule has 0 N–H and O–H groups in total. The highest BCUT2D eigenvalue weighted by atomic mass is 35.5. The summed E-state index contributed by atoms with van der Waals surface area (Å²) in [5, 5.41) is 0.664. The summed E-state index contributed by atoms with van der Waals surface area (Å²) >= 11 is 6.29. The van der Waals surface area contributed by atoms with Crippen LogP contribution in [0.15, 0.2) is 59.0 Å². The Bertz CT molecular complexity index is 1030. The average Bonchev–Trinajstić information content (AvgIpc) is 3.14. The number of hydrogen-bond donors (Lipinski definition) is 0. The summed E-state index contributed by atoms with van der Waals surface area (Å²) in [5.74, 6) is 1.80. The van der Waals surface area contributed by atoms with E-state index in [1.54, 1.807) is 6.07 Å². The number of aromatic nitrogens is 2. The van der Waals surface area contributed by atoms with Crippen LogP contribution in [0.1, 0.15) is 11.3 Å². The highest BCUT2D eigenvalue weighted by molar-refractivity contribution is 6.31. The zero-order valence-corrected chi connectivity index (χ0v) is 13.7. The third-order valence-corrected chi connectivity index (χ3v) is 4.33. The third-order valence-electron chi connectivity index (χ3n) is 3.96. The lowest BCUT2D eigenvalue weighted by Crippen LogP contribution is -2.02. The second-order valence-corrected chi connectivity index (χ2v) is 6.06. The van der Waals surface area contributed by atoms with Crippen LogP contribution in [0.3, 0.4) is 0 Å². The largest absolute Gasteiger partial charge is 0.458 e. The second-order valence-electron chi connectivity index (χ2n) is 5.66. The number of nitrogens with zero attached hydrogens (tertiary/aromatic N) is 2. The Kier molecular flexibility index (Phi) is 3.62. The lowest BCUT2D eigenvalue weighted by atomic mass is 10.2. The highest BCUT2D eigenvalue weighted by Gasteiger charge is 2.17. The first-order valence-corrected chi connectivity index (χ1v) is 7.95. The smallest absolute Gasteiger partial charge is 0.177 e. The van der Waals surface area contributed by atoms with Gasteiger partial charge in [-0.05, 0) is 48.9 Å². The molecule has 0 amide bonds. The Balaban J connectivity index is 1.93. The number of fused-ring (bicyclic) bond motifs is 1. The number of furan rings is 1. The fourth-order valence-corrected chi connectivity index (χ4v) is 2.99. The van der Waals surface area contributed by atoms with Crippen LogP contribution in [0, 0.1) is 12.7 Å². The molecule has 24 heavy (non-hydrogen) atoms. The van der Waals surface area contributed by atoms with Crippen molar-refractivity contribution in [2.75, 3.05) is 0 Å². The van der Waals surface area contributed by atoms with E-state index in [0.29, 0.717) is 34.2 Å². The molecule has 0 saturated carbocycles. The van der Waals surface area contributed by atoms with Crippen molar-refractivity contribution in [3.05, 3.63) is 76.8 Å². The van der Waals surface area contributed by atoms with Gasteiger partial charge in [0.05, 0.1) is 17.6 Å². The Morgan fingerprint density at radius 1 is 1.12 bits per heavy atom. The van der Waals surface area contributed by atoms with E-state index in [2.05, 4.69) is 4.98 Å². The van der Waals surface area contributed by atoms with E-state index in [9.17, 15) is 4.39 Å². The van der Waals surface area contributed by atoms with Crippen molar-refractivity contribution in [3.8, 4) is 11.6 Å². The van der Waals surface area contributed by atoms with Crippen molar-refractivity contribution in [1.82, 2.24) is 9.55 Å². The topological polar surface area (TPSA) is 31.0 Å². The molecule has 120 valence electrons. The SMILES string of the molecule is Cc1ccc(-c2nc3ccc(F)cc3n2Cc2ccccc2Cl)o1. The fourth-order valence-electron chi connectivity index (χ4n) is 2.80. The van der Waals surface area contributed by atoms with Gasteiger partial charge in [0, 0.05) is 5.02 Å². The number of aryl methyl sites for hydroxylation is 1. The van der Waals surface area contributed by atoms with Gasteiger partial charge in [0.15, 0.2) is 11.6 Å². The maximum absolute atomic E-state index is 13.8. The highest BCUT2D eigenvalue weighted by Crippen LogP contribution is 2.29. The number of hydrogen-bond acceptors (Lipinski definition) is 2. The van der Waals surface area contributed by atoms with Crippen molar-refractivity contribution < 1.29 is 8.81 Å². The molecule has 3 nitrogen and oxygen atoms in total. The van der Waals surface area contributed by atoms with Gasteiger partial charge in [-0.1, -0.05) is 29.8 Å². The van der Waals surface area contributed by atoms with Gasteiger partial charge in [-0.15, -0.1) is 0 Å². The number of halogens is 2. The first kappa shape index (κ1) is 15.0. The monoisotopic (exact) mass is 340 g/mol. The minimum absolute atomic E-state index is 0.301. The van der Waals surface area contributed by atoms with Crippen molar-refractivity contribution in [2.24, 2.45) is 0 Å². The van der Waals surface area contributed by atoms with Crippen molar-refractivity contribution in [2.45, 2.75) is 13.5 Å². The van der Waals surface area contributed by atoms with E-state index in [1.807, 2.05) is 47.9 Å². The van der Waals surface area contributed by atoms with Crippen LogP contribution in [0.5, 0.6) is 0 Å². The molecule has 0 aliphatic rings. The minimum Gasteiger partial charge on any atom is -0.458 e. The van der Waals surface area contributed by atoms with E-state index < -0.39 is 0 Å². The van der Waals surface area contributed by atoms with Crippen molar-refractivity contribution in [3.63, 3.8) is 0 Å². The van der Waals surface area contributed by atoms with E-state index >= 15 is 0 Å². The van der Waals surface area contributed by atoms with Crippen LogP contribution >= 0.6 is 11.6 Å². The maximum Gasteiger partial charge on any atom is 0.177 e. The van der Waals surface area contributed by atoms with E-state index in [1.165, 1.54) is 12.1 Å². The Morgan fingerprint density at radius 3 is 2.71 bits per heavy atom. The predicted molar refractivity (Wildman–Crippen MR) is 92.7 cm³/mol. The van der Waals surface area contributed by atoms with Gasteiger partial charge in [0.2, 0.25) is 0 Å². The molecule has 0 fully saturated rings. The molecular weight excluding hydrogens is 327 g/mol. The van der Waals surface area contributed by atoms with Gasteiger partial charge in [-0.25, -0.2) is 9.37 Å². The first-order chi connectivity index (χ1) is 11.6. The Morgan fingerprint density at radius 2 is 1.96 bits per heavy atom. The molecule has 2 aromatic heterocycles. The van der Waals surface area contributed by atoms with Crippen LogP contribution in [-0.4, -0.2) is 9.55 Å². The van der Waals surface area contributed by atoms with Gasteiger partial charge < -0.3 is 8.98 Å². The Labute approximate surface area is 143 Å². The van der Waals surface area contributed by atoms with Crippen LogP contribution in [-0.2, 0) is 6.54 Å². The minimum atomic E-state index is -0.301. The lowest BCUT2D eigenvalue weighted by molar-refractivity contribution is 0.540. The summed E-state index contributed by atoms with van der Waals surface area (Å²) in [7, 11) is 0. The number of rotatable bonds is 3. The average molecular weight is 341 g/mol. The molecule has 5 heteroatoms. The molecule has 0 spiro atoms. The molecule has 0 aliphatic heterocycles. The summed E-state index contributed by atoms with van der Waals surface area (Å²) in [6.07, 6.45) is 0. The fraction of sp³-hybridized carbons (Fsp3) is 0.105. The maximum atomic E-state index is 13.8. The first-order valence-electron chi connectivity index (χ1n) is 7.58. The molecule has 4 rings (SSSR count). The summed E-state index contributed by atoms with van der Waals surface area (Å²) in [6, 6.07) is 15.9. The summed E-state index contributed by atoms with van der Waals surface area (Å²) in [5.41, 5.74) is 2.36. The van der Waals surface area contributed by atoms with Crippen molar-refractivity contribution in [1.29, 1.82) is 0 Å². The molecular formula is C19H14ClFN2O. The van der Waals surface area contributed by atoms with E-state index in [0.717, 1.165) is 11.3 Å². The van der Waals surface area contributed by atoms with Crippen LogP contribution in [0.2, 0.25) is 5.02 Å². The normalized spacial score (nSPS) is 11.3. The zero-order chi connectivity index (χ0) is 16.7. The van der Waals surface area contributed by atoms with Gasteiger partial charge >= 0.3 is 0 Å². The van der Waals surface area contributed by atoms with Crippen LogP contribution in [0.25, 0.3) is 22.6 Å². The molecule has 0 radical (unpaired) electrons. The second kappa shape index (κ2) is 5.80. The number of benzene rings is 2. The zero-order valence-electron chi connectivity index (χ0n) is 13.0. The summed E-state index contributed by atoms with van der Waals surface area (Å²) in [4.78, 5) is 4.62. The quantitative estimate of drug-likeness (QED) is 0.497. The van der Waals surface area contributed by atoms with Gasteiger partial charge in [-0.3, -0.25) is 0 Å². The predicted octanol–water partition coefficient (Wildman–Crippen LogP) is 5.45. The standard InChI is InChI=1S/C19H14ClFN2O/c1-12-6-9-18(24-12)19-22-16-8-7-14(21)10-17(16)23(19)11-13-4-2-3-5-15(13)20/h2-10H,11H2,1H3. The molecule has 0 saturated heterocycles. The summed E-state index contributed by atoms with van der Waals surface area (Å²) < 4.78 is 21.4. The molecule has 0 aliphatic carbocycles. The Hall–Kier alpha value is -2.59. The van der Waals surface area contributed by atoms with Crippen LogP contribution < -0.4 is 0 Å². The van der Waals surface area contributed by atoms with E-state index in [-0.39, 0.29) is 5.82 Å². The molecule has 2 heterocycles. The summed E-state index contributed by atoms with van der Waals surface area (Å²) in [6.45, 7) is 2.36. The van der Waals surface area contributed by atoms with Gasteiger partial charge in [0.25, 0.3) is 0 Å². The number of imidazole rings is 1. The molecule has 0 unspecified atom stereocenters. The molecule has 4 aromatic rings. The molecule has 0 atom stereocenters. The van der Waals surface area contributed by atoms with Crippen molar-refractivity contribution >= 4 is 22.6 Å².